The summed E-state index contributed by atoms with van der Waals surface area (Å²) in [6, 6.07) is 2.57. The van der Waals surface area contributed by atoms with Crippen molar-refractivity contribution in [3.63, 3.8) is 0 Å². The smallest absolute Gasteiger partial charge is 0.240 e. The van der Waals surface area contributed by atoms with Gasteiger partial charge in [-0.05, 0) is 30.5 Å². The molecule has 0 aromatic heterocycles. The second-order valence-electron chi connectivity index (χ2n) is 6.86. The molecule has 1 aromatic rings. The summed E-state index contributed by atoms with van der Waals surface area (Å²) in [6.45, 7) is 2.02. The van der Waals surface area contributed by atoms with Crippen LogP contribution in [0.25, 0.3) is 0 Å². The standard InChI is InChI=1S/C18H23F2N3O3/c19-13-7-12(8-14(20)9-13)11-23-6-3-21-16(18(23)26)10-17(25)22-4-1-15(24)2-5-22/h7-9,15-16,21,24H,1-6,10-11H2. The van der Waals surface area contributed by atoms with Gasteiger partial charge in [0, 0.05) is 38.8 Å². The first-order valence-corrected chi connectivity index (χ1v) is 8.85. The number of aliphatic hydroxyl groups excluding tert-OH is 1. The van der Waals surface area contributed by atoms with Gasteiger partial charge in [-0.1, -0.05) is 0 Å². The molecule has 6 nitrogen and oxygen atoms in total. The first kappa shape index (κ1) is 18.7. The Morgan fingerprint density at radius 1 is 1.15 bits per heavy atom. The van der Waals surface area contributed by atoms with Crippen molar-refractivity contribution in [3.05, 3.63) is 35.4 Å². The number of halogens is 2. The van der Waals surface area contributed by atoms with Gasteiger partial charge in [0.15, 0.2) is 0 Å². The fourth-order valence-corrected chi connectivity index (χ4v) is 3.45. The Hall–Kier alpha value is -2.06. The minimum Gasteiger partial charge on any atom is -0.393 e. The highest BCUT2D eigenvalue weighted by atomic mass is 19.1. The van der Waals surface area contributed by atoms with Crippen LogP contribution in [-0.2, 0) is 16.1 Å². The van der Waals surface area contributed by atoms with Gasteiger partial charge in [0.2, 0.25) is 11.8 Å². The molecule has 2 N–H and O–H groups in total. The molecular formula is C18H23F2N3O3. The first-order valence-electron chi connectivity index (χ1n) is 8.85. The monoisotopic (exact) mass is 367 g/mol. The van der Waals surface area contributed by atoms with Crippen molar-refractivity contribution in [3.8, 4) is 0 Å². The van der Waals surface area contributed by atoms with E-state index in [0.29, 0.717) is 44.6 Å². The predicted octanol–water partition coefficient (Wildman–Crippen LogP) is 0.639. The fourth-order valence-electron chi connectivity index (χ4n) is 3.45. The number of hydrogen-bond acceptors (Lipinski definition) is 4. The quantitative estimate of drug-likeness (QED) is 0.819. The molecule has 0 aliphatic carbocycles. The van der Waals surface area contributed by atoms with Crippen LogP contribution in [0.15, 0.2) is 18.2 Å². The van der Waals surface area contributed by atoms with Gasteiger partial charge in [-0.15, -0.1) is 0 Å². The molecule has 1 unspecified atom stereocenters. The lowest BCUT2D eigenvalue weighted by atomic mass is 10.0. The number of benzene rings is 1. The highest BCUT2D eigenvalue weighted by Gasteiger charge is 2.32. The summed E-state index contributed by atoms with van der Waals surface area (Å²) in [6.07, 6.45) is 0.781. The highest BCUT2D eigenvalue weighted by Crippen LogP contribution is 2.16. The fraction of sp³-hybridized carbons (Fsp3) is 0.556. The zero-order valence-corrected chi connectivity index (χ0v) is 14.5. The number of amides is 2. The van der Waals surface area contributed by atoms with Gasteiger partial charge in [-0.3, -0.25) is 9.59 Å². The number of carbonyl (C=O) groups excluding carboxylic acids is 2. The number of rotatable bonds is 4. The number of aliphatic hydroxyl groups is 1. The largest absolute Gasteiger partial charge is 0.393 e. The highest BCUT2D eigenvalue weighted by molar-refractivity contribution is 5.89. The predicted molar refractivity (Wildman–Crippen MR) is 90.0 cm³/mol. The van der Waals surface area contributed by atoms with E-state index in [9.17, 15) is 23.5 Å². The van der Waals surface area contributed by atoms with Crippen molar-refractivity contribution in [2.24, 2.45) is 0 Å². The zero-order valence-electron chi connectivity index (χ0n) is 14.5. The van der Waals surface area contributed by atoms with Crippen LogP contribution in [0.3, 0.4) is 0 Å². The van der Waals surface area contributed by atoms with Gasteiger partial charge in [0.1, 0.15) is 11.6 Å². The first-order chi connectivity index (χ1) is 12.4. The molecule has 2 aliphatic heterocycles. The van der Waals surface area contributed by atoms with E-state index >= 15 is 0 Å². The Morgan fingerprint density at radius 2 is 1.81 bits per heavy atom. The lowest BCUT2D eigenvalue weighted by Gasteiger charge is -2.35. The molecule has 0 radical (unpaired) electrons. The van der Waals surface area contributed by atoms with Crippen LogP contribution in [0.1, 0.15) is 24.8 Å². The van der Waals surface area contributed by atoms with Crippen LogP contribution in [-0.4, -0.2) is 65.0 Å². The number of nitrogens with one attached hydrogen (secondary N) is 1. The zero-order chi connectivity index (χ0) is 18.7. The van der Waals surface area contributed by atoms with Gasteiger partial charge in [0.25, 0.3) is 0 Å². The molecule has 0 spiro atoms. The van der Waals surface area contributed by atoms with E-state index in [1.54, 1.807) is 4.90 Å². The SMILES string of the molecule is O=C(CC1NCCN(Cc2cc(F)cc(F)c2)C1=O)N1CCC(O)CC1. The van der Waals surface area contributed by atoms with Crippen LogP contribution >= 0.6 is 0 Å². The number of hydrogen-bond donors (Lipinski definition) is 2. The van der Waals surface area contributed by atoms with E-state index in [0.717, 1.165) is 6.07 Å². The Balaban J connectivity index is 1.59. The molecule has 8 heteroatoms. The molecule has 2 heterocycles. The van der Waals surface area contributed by atoms with Gasteiger partial charge >= 0.3 is 0 Å². The summed E-state index contributed by atoms with van der Waals surface area (Å²) in [5.74, 6) is -1.73. The van der Waals surface area contributed by atoms with Crippen LogP contribution in [0.4, 0.5) is 8.78 Å². The third-order valence-electron chi connectivity index (χ3n) is 4.87. The summed E-state index contributed by atoms with van der Waals surface area (Å²) >= 11 is 0. The second-order valence-corrected chi connectivity index (χ2v) is 6.86. The lowest BCUT2D eigenvalue weighted by Crippen LogP contribution is -2.56. The minimum atomic E-state index is -0.679. The molecular weight excluding hydrogens is 344 g/mol. The van der Waals surface area contributed by atoms with Crippen molar-refractivity contribution in [1.29, 1.82) is 0 Å². The molecule has 2 saturated heterocycles. The molecule has 142 valence electrons. The van der Waals surface area contributed by atoms with E-state index in [-0.39, 0.29) is 30.9 Å². The Labute approximate surface area is 150 Å². The van der Waals surface area contributed by atoms with Gasteiger partial charge in [-0.2, -0.15) is 0 Å². The molecule has 1 aromatic carbocycles. The van der Waals surface area contributed by atoms with E-state index in [1.807, 2.05) is 0 Å². The van der Waals surface area contributed by atoms with Crippen LogP contribution in [0.2, 0.25) is 0 Å². The summed E-state index contributed by atoms with van der Waals surface area (Å²) in [5, 5.41) is 12.6. The Bertz CT molecular complexity index is 657. The van der Waals surface area contributed by atoms with Crippen LogP contribution < -0.4 is 5.32 Å². The van der Waals surface area contributed by atoms with Crippen molar-refractivity contribution >= 4 is 11.8 Å². The average Bonchev–Trinajstić information content (AvgIpc) is 2.58. The maximum absolute atomic E-state index is 13.3. The molecule has 0 saturated carbocycles. The van der Waals surface area contributed by atoms with Crippen molar-refractivity contribution in [1.82, 2.24) is 15.1 Å². The number of piperazine rings is 1. The minimum absolute atomic E-state index is 0.0446. The Morgan fingerprint density at radius 3 is 2.46 bits per heavy atom. The number of likely N-dealkylation sites (tertiary alicyclic amines) is 1. The summed E-state index contributed by atoms with van der Waals surface area (Å²) < 4.78 is 26.7. The third-order valence-corrected chi connectivity index (χ3v) is 4.87. The molecule has 2 amide bonds. The molecule has 0 bridgehead atoms. The third kappa shape index (κ3) is 4.56. The van der Waals surface area contributed by atoms with E-state index < -0.39 is 17.7 Å². The number of carbonyl (C=O) groups is 2. The average molecular weight is 367 g/mol. The van der Waals surface area contributed by atoms with Crippen LogP contribution in [0.5, 0.6) is 0 Å². The maximum atomic E-state index is 13.3. The van der Waals surface area contributed by atoms with Crippen molar-refractivity contribution in [2.75, 3.05) is 26.2 Å². The lowest BCUT2D eigenvalue weighted by molar-refractivity contribution is -0.142. The molecule has 3 rings (SSSR count). The van der Waals surface area contributed by atoms with Gasteiger partial charge < -0.3 is 20.2 Å². The molecule has 1 atom stereocenters. The number of piperidine rings is 1. The van der Waals surface area contributed by atoms with E-state index in [4.69, 9.17) is 0 Å². The summed E-state index contributed by atoms with van der Waals surface area (Å²) in [5.41, 5.74) is 0.382. The van der Waals surface area contributed by atoms with E-state index in [2.05, 4.69) is 5.32 Å². The second kappa shape index (κ2) is 8.09. The van der Waals surface area contributed by atoms with Crippen molar-refractivity contribution in [2.45, 2.75) is 38.0 Å². The van der Waals surface area contributed by atoms with E-state index in [1.165, 1.54) is 17.0 Å². The topological polar surface area (TPSA) is 72.9 Å². The van der Waals surface area contributed by atoms with Crippen LogP contribution in [0, 0.1) is 11.6 Å². The number of nitrogens with zero attached hydrogens (tertiary/aromatic N) is 2. The molecule has 2 aliphatic rings. The molecule has 2 fully saturated rings. The van der Waals surface area contributed by atoms with Crippen molar-refractivity contribution < 1.29 is 23.5 Å². The van der Waals surface area contributed by atoms with Gasteiger partial charge in [-0.25, -0.2) is 8.78 Å². The Kier molecular flexibility index (Phi) is 5.83. The normalized spacial score (nSPS) is 22.0. The maximum Gasteiger partial charge on any atom is 0.240 e. The summed E-state index contributed by atoms with van der Waals surface area (Å²) in [7, 11) is 0. The molecule has 26 heavy (non-hydrogen) atoms. The summed E-state index contributed by atoms with van der Waals surface area (Å²) in [4.78, 5) is 28.2. The van der Waals surface area contributed by atoms with Gasteiger partial charge in [0.05, 0.1) is 18.6 Å².